The van der Waals surface area contributed by atoms with Crippen LogP contribution in [0.15, 0.2) is 30.9 Å². The van der Waals surface area contributed by atoms with E-state index in [1.807, 2.05) is 6.92 Å². The van der Waals surface area contributed by atoms with E-state index in [0.29, 0.717) is 23.6 Å². The van der Waals surface area contributed by atoms with Gasteiger partial charge in [0.25, 0.3) is 5.91 Å². The van der Waals surface area contributed by atoms with Crippen molar-refractivity contribution < 1.29 is 9.59 Å². The molecule has 0 radical (unpaired) electrons. The summed E-state index contributed by atoms with van der Waals surface area (Å²) in [7, 11) is 1.55. The van der Waals surface area contributed by atoms with E-state index in [1.165, 1.54) is 6.33 Å². The van der Waals surface area contributed by atoms with Gasteiger partial charge in [-0.05, 0) is 18.6 Å². The second-order valence-corrected chi connectivity index (χ2v) is 4.45. The van der Waals surface area contributed by atoms with E-state index in [0.717, 1.165) is 6.42 Å². The monoisotopic (exact) mass is 287 g/mol. The average molecular weight is 287 g/mol. The topological polar surface area (TPSA) is 88.9 Å². The van der Waals surface area contributed by atoms with Gasteiger partial charge in [-0.15, -0.1) is 0 Å². The van der Waals surface area contributed by atoms with Crippen molar-refractivity contribution in [1.29, 1.82) is 0 Å². The molecule has 0 fully saturated rings. The molecule has 110 valence electrons. The molecular formula is C14H17N5O2. The van der Waals surface area contributed by atoms with Crippen LogP contribution in [0, 0.1) is 0 Å². The maximum Gasteiger partial charge on any atom is 0.271 e. The minimum absolute atomic E-state index is 0.0309. The number of rotatable bonds is 5. The van der Waals surface area contributed by atoms with Gasteiger partial charge in [-0.25, -0.2) is 9.97 Å². The van der Waals surface area contributed by atoms with Crippen LogP contribution in [-0.4, -0.2) is 33.4 Å². The van der Waals surface area contributed by atoms with Crippen molar-refractivity contribution >= 4 is 17.5 Å². The molecule has 7 heteroatoms. The van der Waals surface area contributed by atoms with Crippen LogP contribution in [0.3, 0.4) is 0 Å². The molecule has 2 rings (SSSR count). The third kappa shape index (κ3) is 3.65. The van der Waals surface area contributed by atoms with Gasteiger partial charge in [0.2, 0.25) is 5.91 Å². The molecule has 0 atom stereocenters. The zero-order chi connectivity index (χ0) is 15.2. The molecule has 0 aliphatic heterocycles. The number of anilines is 1. The number of amides is 2. The largest absolute Gasteiger partial charge is 0.354 e. The van der Waals surface area contributed by atoms with E-state index in [4.69, 9.17) is 0 Å². The quantitative estimate of drug-likeness (QED) is 0.869. The fourth-order valence-corrected chi connectivity index (χ4v) is 1.76. The molecule has 0 aromatic carbocycles. The number of nitrogens with one attached hydrogen (secondary N) is 2. The third-order valence-corrected chi connectivity index (χ3v) is 2.82. The van der Waals surface area contributed by atoms with Crippen LogP contribution >= 0.6 is 0 Å². The van der Waals surface area contributed by atoms with Gasteiger partial charge in [-0.1, -0.05) is 6.92 Å². The number of imidazole rings is 1. The molecule has 2 aromatic rings. The Morgan fingerprint density at radius 1 is 1.29 bits per heavy atom. The summed E-state index contributed by atoms with van der Waals surface area (Å²) in [4.78, 5) is 31.2. The predicted octanol–water partition coefficient (Wildman–Crippen LogP) is 1.37. The van der Waals surface area contributed by atoms with Crippen LogP contribution in [0.4, 0.5) is 5.69 Å². The lowest BCUT2D eigenvalue weighted by Crippen LogP contribution is -2.18. The van der Waals surface area contributed by atoms with E-state index in [-0.39, 0.29) is 11.8 Å². The van der Waals surface area contributed by atoms with Crippen molar-refractivity contribution in [2.24, 2.45) is 0 Å². The third-order valence-electron chi connectivity index (χ3n) is 2.82. The number of hydrogen-bond donors (Lipinski definition) is 2. The summed E-state index contributed by atoms with van der Waals surface area (Å²) in [5.74, 6) is 0.333. The summed E-state index contributed by atoms with van der Waals surface area (Å²) >= 11 is 0. The first-order valence-corrected chi connectivity index (χ1v) is 6.66. The maximum absolute atomic E-state index is 11.5. The molecule has 0 saturated heterocycles. The number of nitrogens with zero attached hydrogens (tertiary/aromatic N) is 3. The fraction of sp³-hybridized carbons (Fsp3) is 0.286. The number of carbonyl (C=O) groups excluding carboxylic acids is 2. The van der Waals surface area contributed by atoms with E-state index in [2.05, 4.69) is 20.6 Å². The summed E-state index contributed by atoms with van der Waals surface area (Å²) < 4.78 is 1.64. The van der Waals surface area contributed by atoms with Crippen molar-refractivity contribution in [2.75, 3.05) is 12.4 Å². The Kier molecular flexibility index (Phi) is 4.65. The molecule has 2 N–H and O–H groups in total. The van der Waals surface area contributed by atoms with Crippen LogP contribution in [0.2, 0.25) is 0 Å². The summed E-state index contributed by atoms with van der Waals surface area (Å²) in [5, 5.41) is 5.27. The van der Waals surface area contributed by atoms with E-state index in [1.54, 1.807) is 36.1 Å². The number of hydrogen-bond acceptors (Lipinski definition) is 4. The van der Waals surface area contributed by atoms with Gasteiger partial charge < -0.3 is 10.6 Å². The Hall–Kier alpha value is -2.70. The van der Waals surface area contributed by atoms with Crippen molar-refractivity contribution in [3.05, 3.63) is 36.5 Å². The van der Waals surface area contributed by atoms with Gasteiger partial charge in [-0.3, -0.25) is 14.2 Å². The molecule has 2 heterocycles. The van der Waals surface area contributed by atoms with Crippen molar-refractivity contribution in [3.8, 4) is 5.82 Å². The standard InChI is InChI=1S/C14H17N5O2/c1-3-4-13(20)18-10-5-6-12(16-7-10)19-8-11(17-9-19)14(21)15-2/h5-9H,3-4H2,1-2H3,(H,15,21)(H,18,20). The molecule has 0 saturated carbocycles. The SMILES string of the molecule is CCCC(=O)Nc1ccc(-n2cnc(C(=O)NC)c2)nc1. The second-order valence-electron chi connectivity index (χ2n) is 4.45. The smallest absolute Gasteiger partial charge is 0.271 e. The first-order chi connectivity index (χ1) is 10.1. The first kappa shape index (κ1) is 14.7. The van der Waals surface area contributed by atoms with Crippen molar-refractivity contribution in [3.63, 3.8) is 0 Å². The lowest BCUT2D eigenvalue weighted by molar-refractivity contribution is -0.116. The molecule has 0 aliphatic rings. The molecule has 0 spiro atoms. The van der Waals surface area contributed by atoms with Gasteiger partial charge in [-0.2, -0.15) is 0 Å². The van der Waals surface area contributed by atoms with Crippen LogP contribution < -0.4 is 10.6 Å². The van der Waals surface area contributed by atoms with E-state index < -0.39 is 0 Å². The molecule has 0 unspecified atom stereocenters. The maximum atomic E-state index is 11.5. The van der Waals surface area contributed by atoms with Crippen LogP contribution in [0.5, 0.6) is 0 Å². The summed E-state index contributed by atoms with van der Waals surface area (Å²) in [6, 6.07) is 3.51. The van der Waals surface area contributed by atoms with Crippen LogP contribution in [0.25, 0.3) is 5.82 Å². The van der Waals surface area contributed by atoms with Gasteiger partial charge in [0.1, 0.15) is 17.8 Å². The highest BCUT2D eigenvalue weighted by atomic mass is 16.2. The van der Waals surface area contributed by atoms with Crippen LogP contribution in [0.1, 0.15) is 30.3 Å². The van der Waals surface area contributed by atoms with E-state index >= 15 is 0 Å². The Labute approximate surface area is 122 Å². The first-order valence-electron chi connectivity index (χ1n) is 6.66. The molecule has 21 heavy (non-hydrogen) atoms. The Morgan fingerprint density at radius 2 is 2.10 bits per heavy atom. The summed E-state index contributed by atoms with van der Waals surface area (Å²) in [6.45, 7) is 1.95. The Morgan fingerprint density at radius 3 is 2.71 bits per heavy atom. The Bertz CT molecular complexity index is 633. The lowest BCUT2D eigenvalue weighted by atomic mass is 10.3. The van der Waals surface area contributed by atoms with Gasteiger partial charge in [0.05, 0.1) is 11.9 Å². The molecule has 2 amide bonds. The van der Waals surface area contributed by atoms with Crippen molar-refractivity contribution in [1.82, 2.24) is 19.9 Å². The summed E-state index contributed by atoms with van der Waals surface area (Å²) in [6.07, 6.45) is 5.97. The van der Waals surface area contributed by atoms with E-state index in [9.17, 15) is 9.59 Å². The zero-order valence-corrected chi connectivity index (χ0v) is 12.0. The predicted molar refractivity (Wildman–Crippen MR) is 78.3 cm³/mol. The molecule has 7 nitrogen and oxygen atoms in total. The highest BCUT2D eigenvalue weighted by Gasteiger charge is 2.08. The highest BCUT2D eigenvalue weighted by molar-refractivity contribution is 5.92. The van der Waals surface area contributed by atoms with Gasteiger partial charge in [0, 0.05) is 19.7 Å². The number of carbonyl (C=O) groups is 2. The molecule has 0 bridgehead atoms. The minimum atomic E-state index is -0.253. The normalized spacial score (nSPS) is 10.2. The number of pyridine rings is 1. The zero-order valence-electron chi connectivity index (χ0n) is 12.0. The average Bonchev–Trinajstić information content (AvgIpc) is 2.97. The lowest BCUT2D eigenvalue weighted by Gasteiger charge is -2.05. The molecule has 0 aliphatic carbocycles. The second kappa shape index (κ2) is 6.65. The van der Waals surface area contributed by atoms with Crippen LogP contribution in [-0.2, 0) is 4.79 Å². The highest BCUT2D eigenvalue weighted by Crippen LogP contribution is 2.11. The molecular weight excluding hydrogens is 270 g/mol. The van der Waals surface area contributed by atoms with Gasteiger partial charge in [0.15, 0.2) is 0 Å². The van der Waals surface area contributed by atoms with Crippen molar-refractivity contribution in [2.45, 2.75) is 19.8 Å². The number of aromatic nitrogens is 3. The Balaban J connectivity index is 2.10. The summed E-state index contributed by atoms with van der Waals surface area (Å²) in [5.41, 5.74) is 0.962. The molecule has 2 aromatic heterocycles. The van der Waals surface area contributed by atoms with Gasteiger partial charge >= 0.3 is 0 Å². The fourth-order valence-electron chi connectivity index (χ4n) is 1.76. The minimum Gasteiger partial charge on any atom is -0.354 e.